The minimum Gasteiger partial charge on any atom is -0.504 e. The van der Waals surface area contributed by atoms with Crippen molar-refractivity contribution < 1.29 is 27.8 Å². The summed E-state index contributed by atoms with van der Waals surface area (Å²) in [5.74, 6) is -1.65. The van der Waals surface area contributed by atoms with Gasteiger partial charge in [0.2, 0.25) is 0 Å². The number of hydrogen-bond acceptors (Lipinski definition) is 4. The second-order valence-electron chi connectivity index (χ2n) is 4.52. The van der Waals surface area contributed by atoms with Crippen LogP contribution in [0, 0.1) is 0 Å². The molecule has 0 unspecified atom stereocenters. The summed E-state index contributed by atoms with van der Waals surface area (Å²) in [6.45, 7) is 2.25. The van der Waals surface area contributed by atoms with Gasteiger partial charge in [-0.1, -0.05) is 0 Å². The quantitative estimate of drug-likeness (QED) is 0.906. The molecule has 1 aromatic heterocycles. The summed E-state index contributed by atoms with van der Waals surface area (Å²) >= 11 is 0. The maximum absolute atomic E-state index is 12.3. The molecule has 0 fully saturated rings. The maximum Gasteiger partial charge on any atom is 0.573 e. The van der Waals surface area contributed by atoms with Crippen LogP contribution >= 0.6 is 0 Å². The highest BCUT2D eigenvalue weighted by molar-refractivity contribution is 5.94. The van der Waals surface area contributed by atoms with Gasteiger partial charge in [0.15, 0.2) is 11.5 Å². The lowest BCUT2D eigenvalue weighted by Crippen LogP contribution is -2.22. The van der Waals surface area contributed by atoms with Crippen molar-refractivity contribution >= 4 is 5.91 Å². The second kappa shape index (κ2) is 6.55. The number of carbonyl (C=O) groups is 1. The van der Waals surface area contributed by atoms with Gasteiger partial charge in [0.25, 0.3) is 5.91 Å². The maximum atomic E-state index is 12.3. The molecular formula is C15H13F3N2O3. The van der Waals surface area contributed by atoms with Crippen LogP contribution in [-0.2, 0) is 0 Å². The number of ether oxygens (including phenoxy) is 1. The van der Waals surface area contributed by atoms with Gasteiger partial charge in [-0.15, -0.1) is 13.2 Å². The third-order valence-electron chi connectivity index (χ3n) is 2.84. The third-order valence-corrected chi connectivity index (χ3v) is 2.84. The lowest BCUT2D eigenvalue weighted by atomic mass is 10.1. The highest BCUT2D eigenvalue weighted by Crippen LogP contribution is 2.34. The number of halogens is 3. The van der Waals surface area contributed by atoms with Crippen molar-refractivity contribution in [3.05, 3.63) is 42.1 Å². The Morgan fingerprint density at radius 1 is 1.30 bits per heavy atom. The summed E-state index contributed by atoms with van der Waals surface area (Å²) in [6.07, 6.45) is -3.59. The molecule has 0 aliphatic carbocycles. The first-order valence-corrected chi connectivity index (χ1v) is 6.63. The number of carbonyl (C=O) groups excluding carboxylic acids is 1. The zero-order chi connectivity index (χ0) is 17.0. The number of nitrogens with one attached hydrogen (secondary N) is 1. The Kier molecular flexibility index (Phi) is 4.73. The number of benzene rings is 1. The molecule has 1 heterocycles. The van der Waals surface area contributed by atoms with Crippen LogP contribution in [0.5, 0.6) is 11.5 Å². The number of amides is 1. The number of aromatic hydroxyl groups is 1. The molecule has 0 radical (unpaired) electrons. The molecule has 0 aliphatic heterocycles. The van der Waals surface area contributed by atoms with E-state index in [1.54, 1.807) is 6.92 Å². The summed E-state index contributed by atoms with van der Waals surface area (Å²) < 4.78 is 40.6. The molecule has 5 nitrogen and oxygen atoms in total. The largest absolute Gasteiger partial charge is 0.573 e. The van der Waals surface area contributed by atoms with Crippen LogP contribution < -0.4 is 10.1 Å². The summed E-state index contributed by atoms with van der Waals surface area (Å²) in [5.41, 5.74) is 0.982. The molecule has 2 N–H and O–H groups in total. The summed E-state index contributed by atoms with van der Waals surface area (Å²) in [4.78, 5) is 15.7. The smallest absolute Gasteiger partial charge is 0.504 e. The van der Waals surface area contributed by atoms with Crippen molar-refractivity contribution in [3.63, 3.8) is 0 Å². The van der Waals surface area contributed by atoms with E-state index >= 15 is 0 Å². The number of phenols is 1. The zero-order valence-electron chi connectivity index (χ0n) is 12.0. The van der Waals surface area contributed by atoms with Gasteiger partial charge >= 0.3 is 6.36 Å². The van der Waals surface area contributed by atoms with Crippen molar-refractivity contribution in [2.75, 3.05) is 6.54 Å². The fourth-order valence-corrected chi connectivity index (χ4v) is 1.84. The molecule has 2 aromatic rings. The molecule has 0 bridgehead atoms. The van der Waals surface area contributed by atoms with Crippen LogP contribution in [0.4, 0.5) is 13.2 Å². The highest BCUT2D eigenvalue weighted by atomic mass is 19.4. The van der Waals surface area contributed by atoms with Gasteiger partial charge < -0.3 is 15.2 Å². The van der Waals surface area contributed by atoms with E-state index in [-0.39, 0.29) is 5.91 Å². The van der Waals surface area contributed by atoms with E-state index in [4.69, 9.17) is 0 Å². The molecule has 1 aromatic carbocycles. The Hall–Kier alpha value is -2.77. The van der Waals surface area contributed by atoms with Crippen molar-refractivity contribution in [2.24, 2.45) is 0 Å². The standard InChI is InChI=1S/C15H13F3N2O3/c1-2-19-14(22)10-3-5-11(20-8-10)9-4-6-12(21)13(7-9)23-15(16,17)18/h3-8,21H,2H2,1H3,(H,19,22). The lowest BCUT2D eigenvalue weighted by molar-refractivity contribution is -0.275. The monoisotopic (exact) mass is 326 g/mol. The zero-order valence-corrected chi connectivity index (χ0v) is 12.0. The highest BCUT2D eigenvalue weighted by Gasteiger charge is 2.32. The molecular weight excluding hydrogens is 313 g/mol. The molecule has 8 heteroatoms. The molecule has 23 heavy (non-hydrogen) atoms. The van der Waals surface area contributed by atoms with E-state index in [2.05, 4.69) is 15.0 Å². The Morgan fingerprint density at radius 3 is 2.61 bits per heavy atom. The molecule has 1 amide bonds. The number of alkyl halides is 3. The Balaban J connectivity index is 2.28. The fourth-order valence-electron chi connectivity index (χ4n) is 1.84. The van der Waals surface area contributed by atoms with E-state index in [0.717, 1.165) is 12.1 Å². The van der Waals surface area contributed by atoms with Crippen molar-refractivity contribution in [1.29, 1.82) is 0 Å². The summed E-state index contributed by atoms with van der Waals surface area (Å²) in [7, 11) is 0. The Bertz CT molecular complexity index is 700. The third kappa shape index (κ3) is 4.35. The van der Waals surface area contributed by atoms with Gasteiger partial charge in [-0.2, -0.15) is 0 Å². The van der Waals surface area contributed by atoms with Gasteiger partial charge in [0.05, 0.1) is 11.3 Å². The van der Waals surface area contributed by atoms with Crippen LogP contribution in [0.25, 0.3) is 11.3 Å². The average Bonchev–Trinajstić information content (AvgIpc) is 2.48. The Morgan fingerprint density at radius 2 is 2.04 bits per heavy atom. The first-order valence-electron chi connectivity index (χ1n) is 6.63. The van der Waals surface area contributed by atoms with Gasteiger partial charge in [-0.3, -0.25) is 9.78 Å². The Labute approximate surface area is 129 Å². The van der Waals surface area contributed by atoms with Gasteiger partial charge in [-0.05, 0) is 37.3 Å². The predicted molar refractivity (Wildman–Crippen MR) is 76.0 cm³/mol. The van der Waals surface area contributed by atoms with E-state index in [9.17, 15) is 23.1 Å². The summed E-state index contributed by atoms with van der Waals surface area (Å²) in [5, 5.41) is 12.0. The van der Waals surface area contributed by atoms with E-state index < -0.39 is 17.9 Å². The first kappa shape index (κ1) is 16.6. The van der Waals surface area contributed by atoms with Crippen molar-refractivity contribution in [2.45, 2.75) is 13.3 Å². The van der Waals surface area contributed by atoms with Crippen LogP contribution in [-0.4, -0.2) is 28.9 Å². The number of nitrogens with zero attached hydrogens (tertiary/aromatic N) is 1. The second-order valence-corrected chi connectivity index (χ2v) is 4.52. The number of phenolic OH excluding ortho intramolecular Hbond substituents is 1. The number of hydrogen-bond donors (Lipinski definition) is 2. The van der Waals surface area contributed by atoms with Gasteiger partial charge in [-0.25, -0.2) is 0 Å². The molecule has 0 saturated carbocycles. The minimum absolute atomic E-state index is 0.293. The normalized spacial score (nSPS) is 11.1. The van der Waals surface area contributed by atoms with Gasteiger partial charge in [0, 0.05) is 18.3 Å². The van der Waals surface area contributed by atoms with E-state index in [1.807, 2.05) is 0 Å². The first-order chi connectivity index (χ1) is 10.8. The number of aromatic nitrogens is 1. The lowest BCUT2D eigenvalue weighted by Gasteiger charge is -2.11. The van der Waals surface area contributed by atoms with E-state index in [0.29, 0.717) is 23.4 Å². The van der Waals surface area contributed by atoms with Crippen molar-refractivity contribution in [1.82, 2.24) is 10.3 Å². The molecule has 122 valence electrons. The molecule has 0 spiro atoms. The fraction of sp³-hybridized carbons (Fsp3) is 0.200. The molecule has 0 atom stereocenters. The van der Waals surface area contributed by atoms with Crippen LogP contribution in [0.3, 0.4) is 0 Å². The SMILES string of the molecule is CCNC(=O)c1ccc(-c2ccc(O)c(OC(F)(F)F)c2)nc1. The van der Waals surface area contributed by atoms with Crippen LogP contribution in [0.15, 0.2) is 36.5 Å². The topological polar surface area (TPSA) is 71.5 Å². The van der Waals surface area contributed by atoms with E-state index in [1.165, 1.54) is 24.4 Å². The van der Waals surface area contributed by atoms with Crippen LogP contribution in [0.1, 0.15) is 17.3 Å². The molecule has 0 saturated heterocycles. The van der Waals surface area contributed by atoms with Crippen LogP contribution in [0.2, 0.25) is 0 Å². The van der Waals surface area contributed by atoms with Gasteiger partial charge in [0.1, 0.15) is 0 Å². The molecule has 2 rings (SSSR count). The number of pyridine rings is 1. The summed E-state index contributed by atoms with van der Waals surface area (Å²) in [6, 6.07) is 6.50. The molecule has 0 aliphatic rings. The predicted octanol–water partition coefficient (Wildman–Crippen LogP) is 3.10. The average molecular weight is 326 g/mol. The number of rotatable bonds is 4. The van der Waals surface area contributed by atoms with Crippen molar-refractivity contribution in [3.8, 4) is 22.8 Å². The minimum atomic E-state index is -4.91.